The Kier molecular flexibility index (Phi) is 4.36. The van der Waals surface area contributed by atoms with E-state index in [4.69, 9.17) is 4.74 Å². The number of rotatable bonds is 4. The number of imide groups is 1. The zero-order valence-electron chi connectivity index (χ0n) is 17.0. The van der Waals surface area contributed by atoms with Crippen LogP contribution in [0.25, 0.3) is 0 Å². The third-order valence-electron chi connectivity index (χ3n) is 7.58. The van der Waals surface area contributed by atoms with Gasteiger partial charge in [-0.1, -0.05) is 23.5 Å². The van der Waals surface area contributed by atoms with Crippen molar-refractivity contribution in [1.29, 1.82) is 0 Å². The molecule has 2 aromatic rings. The highest BCUT2D eigenvalue weighted by Crippen LogP contribution is 2.68. The third-order valence-corrected chi connectivity index (χ3v) is 10.2. The van der Waals surface area contributed by atoms with E-state index in [1.807, 2.05) is 24.3 Å². The number of nitrogens with zero attached hydrogens (tertiary/aromatic N) is 1. The molecule has 0 radical (unpaired) electrons. The van der Waals surface area contributed by atoms with Crippen LogP contribution in [0.4, 0.5) is 0 Å². The minimum Gasteiger partial charge on any atom is -0.497 e. The standard InChI is InChI=1S/C22H20N2O6S2/c1-30-9-4-2-8(3-5-9)13-14-10-6-11(17(14)31-19-18(13)32-22(29)23-19)16-15(10)20(27)24(21(16)28)7-12(25)26/h2-5,10-11,13-17H,6-7H2,1H3,(H,23,29)(H,25,26)/t10-,11+,13+,14-,15+,16-,17-/m1/s1. The van der Waals surface area contributed by atoms with Crippen LogP contribution in [0.2, 0.25) is 0 Å². The summed E-state index contributed by atoms with van der Waals surface area (Å²) in [5, 5.41) is 10.1. The number of nitrogens with one attached hydrogen (secondary N) is 1. The lowest BCUT2D eigenvalue weighted by atomic mass is 9.68. The highest BCUT2D eigenvalue weighted by Gasteiger charge is 2.69. The number of methoxy groups -OCH3 is 1. The number of H-pyrrole nitrogens is 1. The van der Waals surface area contributed by atoms with Crippen LogP contribution in [-0.2, 0) is 14.4 Å². The highest BCUT2D eigenvalue weighted by atomic mass is 32.2. The second-order valence-electron chi connectivity index (χ2n) is 8.89. The van der Waals surface area contributed by atoms with Gasteiger partial charge in [0.05, 0.1) is 24.0 Å². The Hall–Kier alpha value is -2.59. The van der Waals surface area contributed by atoms with Gasteiger partial charge in [0.15, 0.2) is 0 Å². The molecule has 2 N–H and O–H groups in total. The summed E-state index contributed by atoms with van der Waals surface area (Å²) in [5.41, 5.74) is 1.06. The van der Waals surface area contributed by atoms with E-state index in [9.17, 15) is 24.3 Å². The number of ether oxygens (including phenoxy) is 1. The fraction of sp³-hybridized carbons (Fsp3) is 0.455. The SMILES string of the molecule is COc1ccc([C@@H]2c3sc(=O)[nH]c3S[C@@H]3[C@H]4C[C@@H]([C@@H]5C(=O)N(CC(=O)O)C(=O)[C@H]45)[C@H]23)cc1. The maximum absolute atomic E-state index is 13.1. The number of aliphatic carboxylic acids is 1. The molecule has 2 saturated carbocycles. The van der Waals surface area contributed by atoms with Crippen LogP contribution >= 0.6 is 23.1 Å². The van der Waals surface area contributed by atoms with E-state index in [1.54, 1.807) is 18.9 Å². The summed E-state index contributed by atoms with van der Waals surface area (Å²) in [7, 11) is 1.61. The minimum absolute atomic E-state index is 0.00690. The number of carboxylic acids is 1. The number of aromatic nitrogens is 1. The topological polar surface area (TPSA) is 117 Å². The molecule has 2 aliphatic carbocycles. The molecule has 4 aliphatic rings. The molecule has 1 aromatic heterocycles. The summed E-state index contributed by atoms with van der Waals surface area (Å²) in [4.78, 5) is 54.4. The molecule has 0 spiro atoms. The van der Waals surface area contributed by atoms with Crippen molar-refractivity contribution in [3.05, 3.63) is 44.4 Å². The summed E-state index contributed by atoms with van der Waals surface area (Å²) < 4.78 is 5.30. The minimum atomic E-state index is -1.18. The van der Waals surface area contributed by atoms with Gasteiger partial charge >= 0.3 is 10.8 Å². The van der Waals surface area contributed by atoms with Crippen LogP contribution in [0.15, 0.2) is 34.1 Å². The maximum Gasteiger partial charge on any atom is 0.323 e. The number of hydrogen-bond donors (Lipinski definition) is 2. The normalized spacial score (nSPS) is 34.4. The van der Waals surface area contributed by atoms with Crippen LogP contribution in [0.5, 0.6) is 5.75 Å². The summed E-state index contributed by atoms with van der Waals surface area (Å²) >= 11 is 2.83. The van der Waals surface area contributed by atoms with Crippen molar-refractivity contribution in [1.82, 2.24) is 9.88 Å². The van der Waals surface area contributed by atoms with Gasteiger partial charge < -0.3 is 14.8 Å². The van der Waals surface area contributed by atoms with Gasteiger partial charge in [0.1, 0.15) is 12.3 Å². The largest absolute Gasteiger partial charge is 0.497 e. The quantitative estimate of drug-likeness (QED) is 0.654. The monoisotopic (exact) mass is 472 g/mol. The first-order valence-corrected chi connectivity index (χ1v) is 12.2. The average molecular weight is 473 g/mol. The number of thiazole rings is 1. The molecule has 3 heterocycles. The van der Waals surface area contributed by atoms with Crippen molar-refractivity contribution >= 4 is 40.9 Å². The van der Waals surface area contributed by atoms with Crippen molar-refractivity contribution in [2.45, 2.75) is 22.6 Å². The van der Waals surface area contributed by atoms with E-state index in [2.05, 4.69) is 4.98 Å². The zero-order valence-corrected chi connectivity index (χ0v) is 18.7. The third kappa shape index (κ3) is 2.62. The first kappa shape index (κ1) is 20.0. The number of fused-ring (bicyclic) bond motifs is 9. The van der Waals surface area contributed by atoms with Crippen LogP contribution in [-0.4, -0.2) is 51.7 Å². The van der Waals surface area contributed by atoms with Gasteiger partial charge in [-0.05, 0) is 41.9 Å². The van der Waals surface area contributed by atoms with Crippen molar-refractivity contribution in [3.63, 3.8) is 0 Å². The molecule has 10 heteroatoms. The molecule has 166 valence electrons. The van der Waals surface area contributed by atoms with Gasteiger partial charge in [-0.3, -0.25) is 24.1 Å². The van der Waals surface area contributed by atoms with Crippen molar-refractivity contribution in [2.24, 2.45) is 29.6 Å². The van der Waals surface area contributed by atoms with E-state index in [-0.39, 0.29) is 45.6 Å². The molecule has 2 aliphatic heterocycles. The summed E-state index contributed by atoms with van der Waals surface area (Å²) in [5.74, 6) is -2.04. The van der Waals surface area contributed by atoms with Crippen LogP contribution in [0.1, 0.15) is 22.8 Å². The average Bonchev–Trinajstić information content (AvgIpc) is 3.49. The second-order valence-corrected chi connectivity index (χ2v) is 11.1. The summed E-state index contributed by atoms with van der Waals surface area (Å²) in [6.07, 6.45) is 0.780. The van der Waals surface area contributed by atoms with Crippen LogP contribution in [0.3, 0.4) is 0 Å². The number of aromatic amines is 1. The molecule has 0 unspecified atom stereocenters. The molecule has 7 atom stereocenters. The number of carboxylic acid groups (broad SMARTS) is 1. The van der Waals surface area contributed by atoms with E-state index >= 15 is 0 Å². The first-order valence-electron chi connectivity index (χ1n) is 10.5. The Morgan fingerprint density at radius 2 is 1.84 bits per heavy atom. The molecular weight excluding hydrogens is 452 g/mol. The number of carbonyl (C=O) groups is 3. The molecule has 32 heavy (non-hydrogen) atoms. The molecule has 8 nitrogen and oxygen atoms in total. The Morgan fingerprint density at radius 3 is 2.50 bits per heavy atom. The van der Waals surface area contributed by atoms with Crippen molar-refractivity contribution in [2.75, 3.05) is 13.7 Å². The van der Waals surface area contributed by atoms with Gasteiger partial charge in [0.25, 0.3) is 0 Å². The summed E-state index contributed by atoms with van der Waals surface area (Å²) in [6.45, 7) is -0.574. The lowest BCUT2D eigenvalue weighted by Gasteiger charge is -2.43. The number of benzene rings is 1. The second kappa shape index (κ2) is 6.95. The maximum atomic E-state index is 13.1. The molecular formula is C22H20N2O6S2. The van der Waals surface area contributed by atoms with Crippen molar-refractivity contribution in [3.8, 4) is 5.75 Å². The predicted octanol–water partition coefficient (Wildman–Crippen LogP) is 2.00. The van der Waals surface area contributed by atoms with E-state index in [0.29, 0.717) is 0 Å². The fourth-order valence-electron chi connectivity index (χ4n) is 6.55. The molecule has 1 aromatic carbocycles. The number of amides is 2. The molecule has 1 saturated heterocycles. The lowest BCUT2D eigenvalue weighted by molar-refractivity contribution is -0.149. The highest BCUT2D eigenvalue weighted by molar-refractivity contribution is 8.00. The number of likely N-dealkylation sites (tertiary alicyclic amines) is 1. The van der Waals surface area contributed by atoms with Gasteiger partial charge in [0.2, 0.25) is 11.8 Å². The Balaban J connectivity index is 1.44. The van der Waals surface area contributed by atoms with Crippen LogP contribution < -0.4 is 9.61 Å². The molecule has 3 fully saturated rings. The lowest BCUT2D eigenvalue weighted by Crippen LogP contribution is -2.42. The smallest absolute Gasteiger partial charge is 0.323 e. The Morgan fingerprint density at radius 1 is 1.16 bits per heavy atom. The predicted molar refractivity (Wildman–Crippen MR) is 116 cm³/mol. The number of carbonyl (C=O) groups excluding carboxylic acids is 2. The number of thioether (sulfide) groups is 1. The molecule has 6 rings (SSSR count). The molecule has 2 bridgehead atoms. The fourth-order valence-corrected chi connectivity index (χ4v) is 9.44. The molecule has 2 amide bonds. The van der Waals surface area contributed by atoms with Gasteiger partial charge in [-0.2, -0.15) is 0 Å². The first-order chi connectivity index (χ1) is 15.4. The van der Waals surface area contributed by atoms with Gasteiger partial charge in [0, 0.05) is 16.0 Å². The van der Waals surface area contributed by atoms with Crippen LogP contribution in [0, 0.1) is 29.6 Å². The van der Waals surface area contributed by atoms with E-state index in [1.165, 1.54) is 11.3 Å². The Bertz CT molecular complexity index is 1200. The van der Waals surface area contributed by atoms with E-state index < -0.39 is 24.3 Å². The van der Waals surface area contributed by atoms with Gasteiger partial charge in [-0.25, -0.2) is 0 Å². The van der Waals surface area contributed by atoms with Gasteiger partial charge in [-0.15, -0.1) is 11.8 Å². The zero-order chi connectivity index (χ0) is 22.3. The van der Waals surface area contributed by atoms with Crippen molar-refractivity contribution < 1.29 is 24.2 Å². The Labute approximate surface area is 191 Å². The van der Waals surface area contributed by atoms with E-state index in [0.717, 1.165) is 32.5 Å². The summed E-state index contributed by atoms with van der Waals surface area (Å²) in [6, 6.07) is 7.81. The number of hydrogen-bond acceptors (Lipinski definition) is 7.